The van der Waals surface area contributed by atoms with Crippen molar-refractivity contribution < 1.29 is 28.2 Å². The van der Waals surface area contributed by atoms with Gasteiger partial charge in [-0.2, -0.15) is 0 Å². The van der Waals surface area contributed by atoms with Crippen LogP contribution in [0.3, 0.4) is 0 Å². The van der Waals surface area contributed by atoms with Crippen molar-refractivity contribution in [3.63, 3.8) is 0 Å². The number of nitrogens with zero attached hydrogens (tertiary/aromatic N) is 1. The molecule has 196 valence electrons. The molecule has 1 fully saturated rings. The molecule has 0 aromatic heterocycles. The molecule has 0 atom stereocenters. The maximum absolute atomic E-state index is 14.1. The molecule has 3 aromatic carbocycles. The summed E-state index contributed by atoms with van der Waals surface area (Å²) in [6, 6.07) is 14.0. The molecule has 3 aromatic rings. The summed E-state index contributed by atoms with van der Waals surface area (Å²) in [7, 11) is 1.45. The number of methoxy groups -OCH3 is 1. The zero-order valence-electron chi connectivity index (χ0n) is 19.6. The smallest absolute Gasteiger partial charge is 0.294 e. The van der Waals surface area contributed by atoms with Crippen LogP contribution in [0.1, 0.15) is 11.1 Å². The lowest BCUT2D eigenvalue weighted by atomic mass is 10.1. The fraction of sp³-hybridized carbons (Fsp3) is 0.115. The normalized spacial score (nSPS) is 14.2. The first-order valence-corrected chi connectivity index (χ1v) is 13.3. The monoisotopic (exact) mass is 638 g/mol. The van der Waals surface area contributed by atoms with Crippen molar-refractivity contribution in [3.05, 3.63) is 91.0 Å². The van der Waals surface area contributed by atoms with Gasteiger partial charge in [-0.15, -0.1) is 0 Å². The number of carbonyl (C=O) groups excluding carboxylic acids is 3. The molecule has 1 aliphatic heterocycles. The zero-order chi connectivity index (χ0) is 27.4. The van der Waals surface area contributed by atoms with E-state index in [1.54, 1.807) is 42.5 Å². The van der Waals surface area contributed by atoms with E-state index >= 15 is 0 Å². The third-order valence-electron chi connectivity index (χ3n) is 5.30. The van der Waals surface area contributed by atoms with Crippen LogP contribution in [-0.2, 0) is 16.2 Å². The molecule has 7 nitrogen and oxygen atoms in total. The van der Waals surface area contributed by atoms with E-state index in [1.807, 2.05) is 0 Å². The van der Waals surface area contributed by atoms with Crippen LogP contribution in [0.25, 0.3) is 6.08 Å². The van der Waals surface area contributed by atoms with Gasteiger partial charge in [-0.3, -0.25) is 19.3 Å². The number of benzene rings is 3. The fourth-order valence-corrected chi connectivity index (χ4v) is 4.90. The summed E-state index contributed by atoms with van der Waals surface area (Å²) in [6.45, 7) is -0.614. The number of thioether (sulfide) groups is 1. The van der Waals surface area contributed by atoms with Gasteiger partial charge in [-0.25, -0.2) is 4.39 Å². The molecule has 0 unspecified atom stereocenters. The molecule has 3 amide bonds. The quantitative estimate of drug-likeness (QED) is 0.263. The largest absolute Gasteiger partial charge is 0.493 e. The van der Waals surface area contributed by atoms with Gasteiger partial charge in [0.15, 0.2) is 11.5 Å². The number of rotatable bonds is 8. The summed E-state index contributed by atoms with van der Waals surface area (Å²) < 4.78 is 25.9. The van der Waals surface area contributed by atoms with Crippen molar-refractivity contribution in [2.75, 3.05) is 19.0 Å². The Morgan fingerprint density at radius 1 is 1.11 bits per heavy atom. The molecule has 1 aliphatic rings. The number of hydrogen-bond acceptors (Lipinski definition) is 6. The highest BCUT2D eigenvalue weighted by molar-refractivity contribution is 9.10. The number of hydrogen-bond donors (Lipinski definition) is 1. The van der Waals surface area contributed by atoms with E-state index in [2.05, 4.69) is 21.2 Å². The molecular formula is C26H18BrCl2FN2O5S. The van der Waals surface area contributed by atoms with Gasteiger partial charge in [0.05, 0.1) is 22.1 Å². The minimum Gasteiger partial charge on any atom is -0.493 e. The molecular weight excluding hydrogens is 622 g/mol. The fourth-order valence-electron chi connectivity index (χ4n) is 3.42. The molecule has 1 saturated heterocycles. The second kappa shape index (κ2) is 12.2. The molecule has 0 spiro atoms. The van der Waals surface area contributed by atoms with Gasteiger partial charge in [-0.1, -0.05) is 35.3 Å². The third kappa shape index (κ3) is 6.50. The van der Waals surface area contributed by atoms with Crippen LogP contribution in [0, 0.1) is 5.82 Å². The predicted molar refractivity (Wildman–Crippen MR) is 149 cm³/mol. The first-order valence-electron chi connectivity index (χ1n) is 10.9. The number of amides is 3. The van der Waals surface area contributed by atoms with Gasteiger partial charge in [-0.05, 0) is 81.8 Å². The summed E-state index contributed by atoms with van der Waals surface area (Å²) in [5, 5.41) is 2.66. The summed E-state index contributed by atoms with van der Waals surface area (Å²) in [4.78, 5) is 38.8. The molecule has 0 bridgehead atoms. The maximum atomic E-state index is 14.1. The summed E-state index contributed by atoms with van der Waals surface area (Å²) in [5.41, 5.74) is 1.14. The minimum atomic E-state index is -0.611. The van der Waals surface area contributed by atoms with E-state index in [0.29, 0.717) is 38.3 Å². The first-order chi connectivity index (χ1) is 18.2. The Morgan fingerprint density at radius 3 is 2.61 bits per heavy atom. The third-order valence-corrected chi connectivity index (χ3v) is 7.79. The molecule has 38 heavy (non-hydrogen) atoms. The lowest BCUT2D eigenvalue weighted by Gasteiger charge is -2.13. The van der Waals surface area contributed by atoms with Gasteiger partial charge in [0.25, 0.3) is 11.1 Å². The van der Waals surface area contributed by atoms with Gasteiger partial charge in [0, 0.05) is 15.7 Å². The van der Waals surface area contributed by atoms with Crippen LogP contribution in [0.15, 0.2) is 64.0 Å². The maximum Gasteiger partial charge on any atom is 0.294 e. The Morgan fingerprint density at radius 2 is 1.89 bits per heavy atom. The highest BCUT2D eigenvalue weighted by Crippen LogP contribution is 2.35. The van der Waals surface area contributed by atoms with E-state index in [9.17, 15) is 18.8 Å². The Kier molecular flexibility index (Phi) is 8.99. The molecule has 0 radical (unpaired) electrons. The van der Waals surface area contributed by atoms with Gasteiger partial charge >= 0.3 is 0 Å². The van der Waals surface area contributed by atoms with Crippen LogP contribution in [0.5, 0.6) is 11.5 Å². The lowest BCUT2D eigenvalue weighted by Crippen LogP contribution is -2.36. The molecule has 12 heteroatoms. The number of ether oxygens (including phenoxy) is 2. The predicted octanol–water partition coefficient (Wildman–Crippen LogP) is 7.16. The number of carbonyl (C=O) groups is 3. The number of imide groups is 1. The van der Waals surface area contributed by atoms with Crippen molar-refractivity contribution in [1.82, 2.24) is 4.90 Å². The Balaban J connectivity index is 1.47. The van der Waals surface area contributed by atoms with Crippen LogP contribution in [-0.4, -0.2) is 35.6 Å². The van der Waals surface area contributed by atoms with E-state index in [-0.39, 0.29) is 27.8 Å². The molecule has 1 heterocycles. The van der Waals surface area contributed by atoms with E-state index < -0.39 is 29.4 Å². The Labute approximate surface area is 240 Å². The average Bonchev–Trinajstić information content (AvgIpc) is 3.13. The van der Waals surface area contributed by atoms with E-state index in [1.165, 1.54) is 25.3 Å². The molecule has 0 aliphatic carbocycles. The van der Waals surface area contributed by atoms with E-state index in [0.717, 1.165) is 4.90 Å². The summed E-state index contributed by atoms with van der Waals surface area (Å²) in [5.74, 6) is -1.01. The Bertz CT molecular complexity index is 1450. The van der Waals surface area contributed by atoms with Crippen molar-refractivity contribution in [3.8, 4) is 11.5 Å². The van der Waals surface area contributed by atoms with Crippen LogP contribution < -0.4 is 14.8 Å². The van der Waals surface area contributed by atoms with E-state index in [4.69, 9.17) is 32.7 Å². The average molecular weight is 640 g/mol. The first kappa shape index (κ1) is 28.0. The molecule has 1 N–H and O–H groups in total. The lowest BCUT2D eigenvalue weighted by molar-refractivity contribution is -0.127. The minimum absolute atomic E-state index is 0.128. The highest BCUT2D eigenvalue weighted by atomic mass is 79.9. The second-order valence-corrected chi connectivity index (χ2v) is 10.5. The van der Waals surface area contributed by atoms with Crippen LogP contribution in [0.2, 0.25) is 10.0 Å². The highest BCUT2D eigenvalue weighted by Gasteiger charge is 2.36. The zero-order valence-corrected chi connectivity index (χ0v) is 23.5. The topological polar surface area (TPSA) is 84.9 Å². The second-order valence-electron chi connectivity index (χ2n) is 7.84. The van der Waals surface area contributed by atoms with Crippen LogP contribution in [0.4, 0.5) is 14.9 Å². The van der Waals surface area contributed by atoms with Gasteiger partial charge in [0.1, 0.15) is 19.0 Å². The van der Waals surface area contributed by atoms with Crippen molar-refractivity contribution >= 4 is 79.7 Å². The van der Waals surface area contributed by atoms with Crippen molar-refractivity contribution in [1.29, 1.82) is 0 Å². The Hall–Kier alpha value is -3.05. The van der Waals surface area contributed by atoms with Crippen molar-refractivity contribution in [2.24, 2.45) is 0 Å². The number of anilines is 1. The summed E-state index contributed by atoms with van der Waals surface area (Å²) >= 11 is 16.1. The van der Waals surface area contributed by atoms with Gasteiger partial charge < -0.3 is 14.8 Å². The van der Waals surface area contributed by atoms with Crippen LogP contribution >= 0.6 is 50.9 Å². The number of halogens is 4. The molecule has 4 rings (SSSR count). The molecule has 0 saturated carbocycles. The summed E-state index contributed by atoms with van der Waals surface area (Å²) in [6.07, 6.45) is 1.50. The standard InChI is InChI=1S/C26H18BrCl2FN2O5S/c1-36-21-8-5-14(9-22(21)37-13-16-18(28)3-2-4-20(16)30)10-23-25(34)32(26(35)38-23)12-24(33)31-15-6-7-17(27)19(29)11-15/h2-11H,12-13H2,1H3,(H,31,33)/b23-10+. The van der Waals surface area contributed by atoms with Crippen molar-refractivity contribution in [2.45, 2.75) is 6.61 Å². The number of nitrogens with one attached hydrogen (secondary N) is 1. The SMILES string of the molecule is COc1ccc(/C=C2/SC(=O)N(CC(=O)Nc3ccc(Br)c(Cl)c3)C2=O)cc1OCc1c(F)cccc1Cl. The van der Waals surface area contributed by atoms with Gasteiger partial charge in [0.2, 0.25) is 5.91 Å².